The Morgan fingerprint density at radius 3 is 2.70 bits per heavy atom. The van der Waals surface area contributed by atoms with Gasteiger partial charge in [0.2, 0.25) is 4.77 Å². The maximum absolute atomic E-state index is 6.24. The number of hydrogen-bond acceptors (Lipinski definition) is 5. The average Bonchev–Trinajstić information content (AvgIpc) is 3.22. The Hall–Kier alpha value is -3.68. The van der Waals surface area contributed by atoms with Gasteiger partial charge in [0.05, 0.1) is 6.54 Å². The molecule has 0 spiro atoms. The van der Waals surface area contributed by atoms with Crippen LogP contribution in [0.25, 0.3) is 22.2 Å². The second-order valence-corrected chi connectivity index (χ2v) is 8.26. The molecular formula is C25H20ClN5OS. The number of halogens is 1. The molecule has 0 atom stereocenters. The summed E-state index contributed by atoms with van der Waals surface area (Å²) in [6, 6.07) is 23.8. The van der Waals surface area contributed by atoms with Crippen LogP contribution in [0.2, 0.25) is 5.02 Å². The van der Waals surface area contributed by atoms with Gasteiger partial charge >= 0.3 is 0 Å². The first-order chi connectivity index (χ1) is 16.2. The highest BCUT2D eigenvalue weighted by molar-refractivity contribution is 7.71. The van der Waals surface area contributed by atoms with Crippen molar-refractivity contribution in [1.29, 1.82) is 0 Å². The maximum atomic E-state index is 6.24. The number of pyridine rings is 1. The van der Waals surface area contributed by atoms with Gasteiger partial charge in [-0.2, -0.15) is 5.10 Å². The highest BCUT2D eigenvalue weighted by Gasteiger charge is 2.13. The molecule has 0 saturated carbocycles. The van der Waals surface area contributed by atoms with E-state index in [1.54, 1.807) is 17.1 Å². The van der Waals surface area contributed by atoms with Gasteiger partial charge in [-0.25, -0.2) is 9.77 Å². The minimum absolute atomic E-state index is 0.416. The fourth-order valence-electron chi connectivity index (χ4n) is 3.72. The highest BCUT2D eigenvalue weighted by atomic mass is 35.5. The van der Waals surface area contributed by atoms with Crippen LogP contribution < -0.4 is 10.2 Å². The first-order valence-electron chi connectivity index (χ1n) is 10.4. The van der Waals surface area contributed by atoms with Crippen molar-refractivity contribution in [3.8, 4) is 17.1 Å². The zero-order valence-electron chi connectivity index (χ0n) is 17.5. The van der Waals surface area contributed by atoms with E-state index in [1.165, 1.54) is 0 Å². The van der Waals surface area contributed by atoms with E-state index in [1.807, 2.05) is 54.6 Å². The Morgan fingerprint density at radius 2 is 1.85 bits per heavy atom. The summed E-state index contributed by atoms with van der Waals surface area (Å²) in [5.41, 5.74) is 6.35. The minimum atomic E-state index is 0.416. The largest absolute Gasteiger partial charge is 0.489 e. The number of aromatic amines is 1. The number of nitrogens with zero attached hydrogens (tertiary/aromatic N) is 3. The molecule has 0 aliphatic rings. The molecule has 3 aromatic carbocycles. The number of ether oxygens (including phenoxy) is 1. The van der Waals surface area contributed by atoms with Crippen molar-refractivity contribution < 1.29 is 4.74 Å². The molecule has 0 unspecified atom stereocenters. The SMILES string of the molecule is S=c1[nH]nc(-c2ccncc2)n1NCc1c(OCc2cccc(Cl)c2)ccc2ccccc12. The second kappa shape index (κ2) is 9.44. The third-order valence-corrected chi connectivity index (χ3v) is 5.81. The van der Waals surface area contributed by atoms with E-state index >= 15 is 0 Å². The van der Waals surface area contributed by atoms with Crippen molar-refractivity contribution in [2.75, 3.05) is 5.43 Å². The molecule has 2 N–H and O–H groups in total. The molecule has 0 radical (unpaired) electrons. The van der Waals surface area contributed by atoms with E-state index in [2.05, 4.69) is 38.8 Å². The van der Waals surface area contributed by atoms with Gasteiger partial charge in [0.25, 0.3) is 0 Å². The highest BCUT2D eigenvalue weighted by Crippen LogP contribution is 2.29. The van der Waals surface area contributed by atoms with Crippen LogP contribution in [0.1, 0.15) is 11.1 Å². The first-order valence-corrected chi connectivity index (χ1v) is 11.2. The summed E-state index contributed by atoms with van der Waals surface area (Å²) in [5, 5.41) is 10.2. The van der Waals surface area contributed by atoms with Crippen LogP contribution in [0.3, 0.4) is 0 Å². The van der Waals surface area contributed by atoms with Crippen LogP contribution in [-0.2, 0) is 13.2 Å². The van der Waals surface area contributed by atoms with E-state index in [4.69, 9.17) is 28.6 Å². The lowest BCUT2D eigenvalue weighted by atomic mass is 10.0. The monoisotopic (exact) mass is 473 g/mol. The Morgan fingerprint density at radius 1 is 1.00 bits per heavy atom. The summed E-state index contributed by atoms with van der Waals surface area (Å²) in [7, 11) is 0. The van der Waals surface area contributed by atoms with Gasteiger partial charge in [-0.3, -0.25) is 4.98 Å². The molecule has 0 fully saturated rings. The fraction of sp³-hybridized carbons (Fsp3) is 0.0800. The molecule has 0 bridgehead atoms. The van der Waals surface area contributed by atoms with Crippen molar-refractivity contribution >= 4 is 34.6 Å². The lowest BCUT2D eigenvalue weighted by Gasteiger charge is -2.17. The Kier molecular flexibility index (Phi) is 6.06. The van der Waals surface area contributed by atoms with Gasteiger partial charge in [0.15, 0.2) is 5.82 Å². The summed E-state index contributed by atoms with van der Waals surface area (Å²) >= 11 is 11.6. The number of benzene rings is 3. The Labute approximate surface area is 200 Å². The van der Waals surface area contributed by atoms with Crippen LogP contribution >= 0.6 is 23.8 Å². The molecule has 0 saturated heterocycles. The number of rotatable bonds is 7. The quantitative estimate of drug-likeness (QED) is 0.278. The number of fused-ring (bicyclic) bond motifs is 1. The van der Waals surface area contributed by atoms with Crippen molar-refractivity contribution in [1.82, 2.24) is 19.9 Å². The van der Waals surface area contributed by atoms with Crippen molar-refractivity contribution in [2.45, 2.75) is 13.2 Å². The summed E-state index contributed by atoms with van der Waals surface area (Å²) in [5.74, 6) is 1.48. The van der Waals surface area contributed by atoms with Crippen LogP contribution in [0.5, 0.6) is 5.75 Å². The van der Waals surface area contributed by atoms with E-state index in [0.29, 0.717) is 28.8 Å². The molecule has 5 rings (SSSR count). The van der Waals surface area contributed by atoms with E-state index in [9.17, 15) is 0 Å². The summed E-state index contributed by atoms with van der Waals surface area (Å²) in [6.45, 7) is 0.900. The average molecular weight is 474 g/mol. The van der Waals surface area contributed by atoms with Crippen molar-refractivity contribution in [2.24, 2.45) is 0 Å². The minimum Gasteiger partial charge on any atom is -0.489 e. The van der Waals surface area contributed by atoms with Gasteiger partial charge in [0, 0.05) is 28.5 Å². The molecule has 0 aliphatic carbocycles. The zero-order valence-corrected chi connectivity index (χ0v) is 19.1. The maximum Gasteiger partial charge on any atom is 0.214 e. The predicted molar refractivity (Wildman–Crippen MR) is 133 cm³/mol. The lowest BCUT2D eigenvalue weighted by Crippen LogP contribution is -2.17. The summed E-state index contributed by atoms with van der Waals surface area (Å²) in [4.78, 5) is 4.08. The molecule has 6 nitrogen and oxygen atoms in total. The van der Waals surface area contributed by atoms with E-state index in [-0.39, 0.29) is 0 Å². The van der Waals surface area contributed by atoms with Crippen molar-refractivity contribution in [3.63, 3.8) is 0 Å². The molecule has 164 valence electrons. The van der Waals surface area contributed by atoms with Crippen LogP contribution in [0.4, 0.5) is 0 Å². The van der Waals surface area contributed by atoms with Crippen LogP contribution in [0.15, 0.2) is 85.2 Å². The molecule has 0 amide bonds. The van der Waals surface area contributed by atoms with Gasteiger partial charge in [-0.15, -0.1) is 0 Å². The van der Waals surface area contributed by atoms with Gasteiger partial charge < -0.3 is 10.2 Å². The molecular weight excluding hydrogens is 454 g/mol. The summed E-state index contributed by atoms with van der Waals surface area (Å²) in [6.07, 6.45) is 3.45. The smallest absolute Gasteiger partial charge is 0.214 e. The number of nitrogens with one attached hydrogen (secondary N) is 2. The van der Waals surface area contributed by atoms with Crippen molar-refractivity contribution in [3.05, 3.63) is 106 Å². The molecule has 33 heavy (non-hydrogen) atoms. The molecule has 5 aromatic rings. The van der Waals surface area contributed by atoms with Crippen LogP contribution in [-0.4, -0.2) is 19.9 Å². The zero-order chi connectivity index (χ0) is 22.6. The lowest BCUT2D eigenvalue weighted by molar-refractivity contribution is 0.303. The number of aromatic nitrogens is 4. The second-order valence-electron chi connectivity index (χ2n) is 7.44. The Balaban J connectivity index is 1.47. The van der Waals surface area contributed by atoms with Gasteiger partial charge in [-0.1, -0.05) is 54.1 Å². The van der Waals surface area contributed by atoms with Gasteiger partial charge in [0.1, 0.15) is 12.4 Å². The third-order valence-electron chi connectivity index (χ3n) is 5.31. The van der Waals surface area contributed by atoms with Crippen LogP contribution in [0, 0.1) is 4.77 Å². The number of H-pyrrole nitrogens is 1. The normalized spacial score (nSPS) is 10.9. The first kappa shape index (κ1) is 21.2. The van der Waals surface area contributed by atoms with Gasteiger partial charge in [-0.05, 0) is 58.9 Å². The fourth-order valence-corrected chi connectivity index (χ4v) is 4.13. The molecule has 2 aromatic heterocycles. The van der Waals surface area contributed by atoms with E-state index in [0.717, 1.165) is 33.2 Å². The Bertz CT molecular complexity index is 1460. The third kappa shape index (κ3) is 4.60. The topological polar surface area (TPSA) is 67.8 Å². The predicted octanol–water partition coefficient (Wildman–Crippen LogP) is 6.13. The standard InChI is InChI=1S/C25H20ClN5OS/c26-20-6-3-4-17(14-20)16-32-23-9-8-18-5-1-2-7-21(18)22(23)15-28-31-24(29-30-25(31)33)19-10-12-27-13-11-19/h1-14,28H,15-16H2,(H,30,33). The molecule has 8 heteroatoms. The summed E-state index contributed by atoms with van der Waals surface area (Å²) < 4.78 is 8.48. The number of hydrogen-bond donors (Lipinski definition) is 2. The van der Waals surface area contributed by atoms with E-state index < -0.39 is 0 Å². The molecule has 0 aliphatic heterocycles. The molecule has 2 heterocycles.